The molecule has 134 valence electrons. The van der Waals surface area contributed by atoms with Crippen molar-refractivity contribution < 1.29 is 9.72 Å². The van der Waals surface area contributed by atoms with Crippen molar-refractivity contribution >= 4 is 17.4 Å². The van der Waals surface area contributed by atoms with Gasteiger partial charge >= 0.3 is 0 Å². The van der Waals surface area contributed by atoms with Crippen LogP contribution in [0.5, 0.6) is 0 Å². The van der Waals surface area contributed by atoms with Gasteiger partial charge in [-0.15, -0.1) is 5.10 Å². The number of fused-ring (bicyclic) bond motifs is 1. The molecule has 0 spiro atoms. The summed E-state index contributed by atoms with van der Waals surface area (Å²) < 4.78 is 1.59. The summed E-state index contributed by atoms with van der Waals surface area (Å²) in [6, 6.07) is 8.26. The van der Waals surface area contributed by atoms with E-state index in [2.05, 4.69) is 15.1 Å². The highest BCUT2D eigenvalue weighted by Gasteiger charge is 2.19. The molecule has 0 saturated carbocycles. The molecule has 2 heterocycles. The van der Waals surface area contributed by atoms with Crippen LogP contribution in [0.1, 0.15) is 22.8 Å². The average Bonchev–Trinajstić information content (AvgIpc) is 2.97. The molecule has 0 fully saturated rings. The van der Waals surface area contributed by atoms with E-state index in [1.165, 1.54) is 11.0 Å². The van der Waals surface area contributed by atoms with Crippen LogP contribution in [-0.4, -0.2) is 42.4 Å². The lowest BCUT2D eigenvalue weighted by atomic mass is 10.1. The van der Waals surface area contributed by atoms with Gasteiger partial charge in [0.2, 0.25) is 5.91 Å². The second-order valence-electron chi connectivity index (χ2n) is 6.09. The fourth-order valence-corrected chi connectivity index (χ4v) is 2.72. The minimum atomic E-state index is -0.450. The lowest BCUT2D eigenvalue weighted by molar-refractivity contribution is -0.385. The minimum absolute atomic E-state index is 0.00101. The standard InChI is InChI=1S/C17H18N6O3/c1-11-8-12(2)22-17(18-11)19-15(20-22)9-16(24)21(3)10-13-6-4-5-7-14(13)23(25)26/h4-8H,9-10H2,1-3H3. The lowest BCUT2D eigenvalue weighted by Crippen LogP contribution is -2.28. The molecule has 0 aliphatic carbocycles. The van der Waals surface area contributed by atoms with Crippen molar-refractivity contribution in [1.29, 1.82) is 0 Å². The predicted octanol–water partition coefficient (Wildman–Crippen LogP) is 1.85. The van der Waals surface area contributed by atoms with Gasteiger partial charge in [0.15, 0.2) is 5.82 Å². The molecule has 0 bridgehead atoms. The first-order valence-electron chi connectivity index (χ1n) is 8.01. The number of benzene rings is 1. The molecule has 2 aromatic heterocycles. The second-order valence-corrected chi connectivity index (χ2v) is 6.09. The Bertz CT molecular complexity index is 997. The van der Waals surface area contributed by atoms with E-state index in [1.54, 1.807) is 29.8 Å². The third-order valence-corrected chi connectivity index (χ3v) is 3.99. The van der Waals surface area contributed by atoms with Gasteiger partial charge in [-0.05, 0) is 19.9 Å². The summed E-state index contributed by atoms with van der Waals surface area (Å²) in [5.41, 5.74) is 2.18. The molecule has 1 amide bonds. The van der Waals surface area contributed by atoms with E-state index in [-0.39, 0.29) is 24.6 Å². The van der Waals surface area contributed by atoms with Crippen LogP contribution >= 0.6 is 0 Å². The second kappa shape index (κ2) is 6.87. The van der Waals surface area contributed by atoms with Crippen LogP contribution in [0.2, 0.25) is 0 Å². The average molecular weight is 354 g/mol. The van der Waals surface area contributed by atoms with Gasteiger partial charge in [-0.1, -0.05) is 18.2 Å². The van der Waals surface area contributed by atoms with Gasteiger partial charge in [0.1, 0.15) is 0 Å². The van der Waals surface area contributed by atoms with Gasteiger partial charge in [-0.25, -0.2) is 9.50 Å². The number of hydrogen-bond donors (Lipinski definition) is 0. The van der Waals surface area contributed by atoms with Gasteiger partial charge in [0, 0.05) is 30.1 Å². The Hall–Kier alpha value is -3.36. The third kappa shape index (κ3) is 3.51. The van der Waals surface area contributed by atoms with Crippen LogP contribution < -0.4 is 0 Å². The summed E-state index contributed by atoms with van der Waals surface area (Å²) in [6.45, 7) is 3.90. The SMILES string of the molecule is Cc1cc(C)n2nc(CC(=O)N(C)Cc3ccccc3[N+](=O)[O-])nc2n1. The summed E-state index contributed by atoms with van der Waals surface area (Å²) in [4.78, 5) is 33.1. The maximum Gasteiger partial charge on any atom is 0.274 e. The van der Waals surface area contributed by atoms with Crippen molar-refractivity contribution in [3.63, 3.8) is 0 Å². The number of nitro benzene ring substituents is 1. The van der Waals surface area contributed by atoms with E-state index in [0.717, 1.165) is 11.4 Å². The van der Waals surface area contributed by atoms with Crippen LogP contribution in [0.25, 0.3) is 5.78 Å². The zero-order valence-electron chi connectivity index (χ0n) is 14.7. The summed E-state index contributed by atoms with van der Waals surface area (Å²) in [5, 5.41) is 15.4. The molecule has 0 atom stereocenters. The van der Waals surface area contributed by atoms with Crippen LogP contribution in [0, 0.1) is 24.0 Å². The molecule has 3 rings (SSSR count). The molecule has 0 saturated heterocycles. The number of aromatic nitrogens is 4. The number of para-hydroxylation sites is 1. The number of aryl methyl sites for hydroxylation is 2. The molecule has 26 heavy (non-hydrogen) atoms. The van der Waals surface area contributed by atoms with Gasteiger partial charge in [0.05, 0.1) is 17.9 Å². The summed E-state index contributed by atoms with van der Waals surface area (Å²) in [5.74, 6) is 0.589. The van der Waals surface area contributed by atoms with Gasteiger partial charge in [-0.3, -0.25) is 14.9 Å². The first-order valence-corrected chi connectivity index (χ1v) is 8.01. The molecule has 0 unspecified atom stereocenters. The molecule has 1 aromatic carbocycles. The highest BCUT2D eigenvalue weighted by molar-refractivity contribution is 5.77. The lowest BCUT2D eigenvalue weighted by Gasteiger charge is -2.16. The van der Waals surface area contributed by atoms with Crippen molar-refractivity contribution in [3.05, 3.63) is 63.2 Å². The Morgan fingerprint density at radius 3 is 2.73 bits per heavy atom. The Balaban J connectivity index is 1.76. The summed E-state index contributed by atoms with van der Waals surface area (Å²) in [7, 11) is 1.60. The number of carbonyl (C=O) groups excluding carboxylic acids is 1. The van der Waals surface area contributed by atoms with Crippen molar-refractivity contribution in [1.82, 2.24) is 24.5 Å². The molecule has 0 aliphatic rings. The molecule has 3 aromatic rings. The molecular formula is C17H18N6O3. The monoisotopic (exact) mass is 354 g/mol. The Kier molecular flexibility index (Phi) is 4.61. The molecule has 9 nitrogen and oxygen atoms in total. The van der Waals surface area contributed by atoms with Crippen LogP contribution in [0.4, 0.5) is 5.69 Å². The van der Waals surface area contributed by atoms with Gasteiger partial charge in [0.25, 0.3) is 11.5 Å². The summed E-state index contributed by atoms with van der Waals surface area (Å²) in [6.07, 6.45) is -0.00101. The van der Waals surface area contributed by atoms with Gasteiger partial charge < -0.3 is 4.90 Å². The number of likely N-dealkylation sites (N-methyl/N-ethyl adjacent to an activating group) is 1. The van der Waals surface area contributed by atoms with E-state index < -0.39 is 4.92 Å². The maximum absolute atomic E-state index is 12.5. The topological polar surface area (TPSA) is 107 Å². The highest BCUT2D eigenvalue weighted by Crippen LogP contribution is 2.19. The molecule has 0 N–H and O–H groups in total. The van der Waals surface area contributed by atoms with Crippen molar-refractivity contribution in [3.8, 4) is 0 Å². The maximum atomic E-state index is 12.5. The van der Waals surface area contributed by atoms with Crippen LogP contribution in [0.15, 0.2) is 30.3 Å². The number of nitro groups is 1. The van der Waals surface area contributed by atoms with Crippen LogP contribution in [-0.2, 0) is 17.8 Å². The number of amides is 1. The zero-order chi connectivity index (χ0) is 18.8. The Labute approximate surface area is 149 Å². The van der Waals surface area contributed by atoms with Crippen molar-refractivity contribution in [2.75, 3.05) is 7.05 Å². The molecule has 0 radical (unpaired) electrons. The van der Waals surface area contributed by atoms with Gasteiger partial charge in [-0.2, -0.15) is 4.98 Å². The minimum Gasteiger partial charge on any atom is -0.341 e. The van der Waals surface area contributed by atoms with E-state index in [4.69, 9.17) is 0 Å². The smallest absolute Gasteiger partial charge is 0.274 e. The Morgan fingerprint density at radius 1 is 1.27 bits per heavy atom. The summed E-state index contributed by atoms with van der Waals surface area (Å²) >= 11 is 0. The molecule has 0 aliphatic heterocycles. The van der Waals surface area contributed by atoms with Crippen molar-refractivity contribution in [2.45, 2.75) is 26.8 Å². The fourth-order valence-electron chi connectivity index (χ4n) is 2.72. The largest absolute Gasteiger partial charge is 0.341 e. The first kappa shape index (κ1) is 17.5. The fraction of sp³-hybridized carbons (Fsp3) is 0.294. The normalized spacial score (nSPS) is 10.9. The van der Waals surface area contributed by atoms with E-state index in [1.807, 2.05) is 19.9 Å². The number of rotatable bonds is 5. The number of nitrogens with zero attached hydrogens (tertiary/aromatic N) is 6. The predicted molar refractivity (Wildman–Crippen MR) is 93.5 cm³/mol. The molecule has 9 heteroatoms. The zero-order valence-corrected chi connectivity index (χ0v) is 14.7. The highest BCUT2D eigenvalue weighted by atomic mass is 16.6. The van der Waals surface area contributed by atoms with E-state index in [0.29, 0.717) is 17.2 Å². The quantitative estimate of drug-likeness (QED) is 0.511. The number of hydrogen-bond acceptors (Lipinski definition) is 6. The van der Waals surface area contributed by atoms with Crippen LogP contribution in [0.3, 0.4) is 0 Å². The van der Waals surface area contributed by atoms with Crippen molar-refractivity contribution in [2.24, 2.45) is 0 Å². The van der Waals surface area contributed by atoms with E-state index >= 15 is 0 Å². The van der Waals surface area contributed by atoms with E-state index in [9.17, 15) is 14.9 Å². The molecular weight excluding hydrogens is 336 g/mol. The third-order valence-electron chi connectivity index (χ3n) is 3.99. The Morgan fingerprint density at radius 2 is 2.00 bits per heavy atom. The number of carbonyl (C=O) groups is 1. The first-order chi connectivity index (χ1) is 12.3.